The van der Waals surface area contributed by atoms with Gasteiger partial charge in [-0.05, 0) is 44.7 Å². The fraction of sp³-hybridized carbons (Fsp3) is 0.471. The Kier molecular flexibility index (Phi) is 5.08. The largest absolute Gasteiger partial charge is 0.391 e. The lowest BCUT2D eigenvalue weighted by Crippen LogP contribution is -2.40. The molecule has 3 rings (SSSR count). The molecule has 1 fully saturated rings. The van der Waals surface area contributed by atoms with Gasteiger partial charge in [0.1, 0.15) is 9.88 Å². The number of halogens is 3. The van der Waals surface area contributed by atoms with E-state index in [2.05, 4.69) is 15.3 Å². The number of nitrogens with one attached hydrogen (secondary N) is 1. The van der Waals surface area contributed by atoms with Gasteiger partial charge in [0.2, 0.25) is 0 Å². The fourth-order valence-corrected chi connectivity index (χ4v) is 3.97. The first-order valence-electron chi connectivity index (χ1n) is 8.11. The number of carbonyl (C=O) groups is 1. The summed E-state index contributed by atoms with van der Waals surface area (Å²) in [6.45, 7) is 1.75. The monoisotopic (exact) mass is 369 g/mol. The molecular formula is C17H18F3N3OS. The minimum atomic E-state index is -4.14. The third-order valence-electron chi connectivity index (χ3n) is 4.41. The van der Waals surface area contributed by atoms with Crippen LogP contribution in [0.15, 0.2) is 24.4 Å². The molecule has 25 heavy (non-hydrogen) atoms. The van der Waals surface area contributed by atoms with Crippen LogP contribution in [0.3, 0.4) is 0 Å². The second-order valence-corrected chi connectivity index (χ2v) is 7.21. The predicted molar refractivity (Wildman–Crippen MR) is 89.3 cm³/mol. The molecule has 1 aliphatic carbocycles. The number of carbonyl (C=O) groups excluding carboxylic acids is 1. The van der Waals surface area contributed by atoms with Gasteiger partial charge in [0.15, 0.2) is 0 Å². The maximum atomic E-state index is 12.7. The highest BCUT2D eigenvalue weighted by Crippen LogP contribution is 2.37. The highest BCUT2D eigenvalue weighted by molar-refractivity contribution is 7.17. The molecule has 0 bridgehead atoms. The molecule has 0 spiro atoms. The lowest BCUT2D eigenvalue weighted by Gasteiger charge is -2.30. The van der Waals surface area contributed by atoms with Gasteiger partial charge in [-0.15, -0.1) is 11.3 Å². The van der Waals surface area contributed by atoms with E-state index in [1.54, 1.807) is 19.2 Å². The van der Waals surface area contributed by atoms with Gasteiger partial charge in [0.05, 0.1) is 17.3 Å². The first-order chi connectivity index (χ1) is 11.8. The Bertz CT molecular complexity index is 737. The maximum absolute atomic E-state index is 12.7. The molecule has 1 N–H and O–H groups in total. The summed E-state index contributed by atoms with van der Waals surface area (Å²) in [6, 6.07) is 5.25. The first kappa shape index (κ1) is 17.8. The first-order valence-corrected chi connectivity index (χ1v) is 8.92. The average Bonchev–Trinajstić information content (AvgIpc) is 2.97. The Morgan fingerprint density at radius 2 is 1.96 bits per heavy atom. The van der Waals surface area contributed by atoms with Crippen molar-refractivity contribution in [1.82, 2.24) is 15.3 Å². The number of aromatic nitrogens is 2. The quantitative estimate of drug-likeness (QED) is 0.874. The topological polar surface area (TPSA) is 54.9 Å². The summed E-state index contributed by atoms with van der Waals surface area (Å²) < 4.78 is 38.1. The molecule has 1 aliphatic rings. The zero-order chi connectivity index (χ0) is 18.0. The van der Waals surface area contributed by atoms with Crippen LogP contribution >= 0.6 is 11.3 Å². The number of amides is 1. The molecule has 0 aromatic carbocycles. The van der Waals surface area contributed by atoms with E-state index in [1.807, 2.05) is 12.1 Å². The molecule has 1 amide bonds. The zero-order valence-electron chi connectivity index (χ0n) is 13.6. The molecule has 134 valence electrons. The van der Waals surface area contributed by atoms with Crippen molar-refractivity contribution >= 4 is 17.2 Å². The van der Waals surface area contributed by atoms with E-state index in [0.29, 0.717) is 34.1 Å². The molecule has 8 heteroatoms. The molecule has 2 heterocycles. The highest BCUT2D eigenvalue weighted by Gasteiger charge is 2.41. The average molecular weight is 369 g/mol. The van der Waals surface area contributed by atoms with Crippen LogP contribution in [-0.2, 0) is 0 Å². The van der Waals surface area contributed by atoms with E-state index in [4.69, 9.17) is 0 Å². The maximum Gasteiger partial charge on any atom is 0.391 e. The van der Waals surface area contributed by atoms with Crippen molar-refractivity contribution in [2.24, 2.45) is 5.92 Å². The van der Waals surface area contributed by atoms with Crippen molar-refractivity contribution in [3.8, 4) is 10.7 Å². The highest BCUT2D eigenvalue weighted by atomic mass is 32.1. The second-order valence-electron chi connectivity index (χ2n) is 6.21. The molecule has 0 unspecified atom stereocenters. The summed E-state index contributed by atoms with van der Waals surface area (Å²) >= 11 is 1.25. The molecule has 0 radical (unpaired) electrons. The smallest absolute Gasteiger partial charge is 0.349 e. The molecule has 2 aromatic rings. The van der Waals surface area contributed by atoms with Gasteiger partial charge < -0.3 is 5.32 Å². The van der Waals surface area contributed by atoms with Crippen LogP contribution in [0.2, 0.25) is 0 Å². The number of hydrogen-bond donors (Lipinski definition) is 1. The van der Waals surface area contributed by atoms with E-state index >= 15 is 0 Å². The van der Waals surface area contributed by atoms with Gasteiger partial charge in [0, 0.05) is 12.2 Å². The zero-order valence-corrected chi connectivity index (χ0v) is 14.5. The minimum Gasteiger partial charge on any atom is -0.349 e. The summed E-state index contributed by atoms with van der Waals surface area (Å²) in [7, 11) is 0. The van der Waals surface area contributed by atoms with Gasteiger partial charge in [0.25, 0.3) is 5.91 Å². The Hall–Kier alpha value is -1.96. The summed E-state index contributed by atoms with van der Waals surface area (Å²) in [5.74, 6) is -1.52. The number of aryl methyl sites for hydroxylation is 1. The van der Waals surface area contributed by atoms with E-state index in [-0.39, 0.29) is 24.8 Å². The van der Waals surface area contributed by atoms with Crippen LogP contribution in [-0.4, -0.2) is 28.1 Å². The van der Waals surface area contributed by atoms with Crippen molar-refractivity contribution in [2.75, 3.05) is 0 Å². The van der Waals surface area contributed by atoms with Gasteiger partial charge in [-0.3, -0.25) is 9.78 Å². The van der Waals surface area contributed by atoms with Crippen LogP contribution in [0.4, 0.5) is 13.2 Å². The van der Waals surface area contributed by atoms with Crippen molar-refractivity contribution in [1.29, 1.82) is 0 Å². The fourth-order valence-electron chi connectivity index (χ4n) is 3.02. The minimum absolute atomic E-state index is 0.0648. The van der Waals surface area contributed by atoms with Crippen molar-refractivity contribution in [3.63, 3.8) is 0 Å². The number of pyridine rings is 1. The molecule has 0 saturated heterocycles. The number of rotatable bonds is 3. The van der Waals surface area contributed by atoms with Gasteiger partial charge >= 0.3 is 6.18 Å². The molecular weight excluding hydrogens is 351 g/mol. The lowest BCUT2D eigenvalue weighted by molar-refractivity contribution is -0.182. The van der Waals surface area contributed by atoms with E-state index in [1.165, 1.54) is 11.3 Å². The summed E-state index contributed by atoms with van der Waals surface area (Å²) in [4.78, 5) is 21.6. The third kappa shape index (κ3) is 4.18. The number of hydrogen-bond acceptors (Lipinski definition) is 4. The molecule has 4 nitrogen and oxygen atoms in total. The standard InChI is InChI=1S/C17H18F3N3OS/c1-10-14(25-16(22-10)13-4-2-3-9-21-13)15(24)23-12-7-5-11(6-8-12)17(18,19)20/h2-4,9,11-12H,5-8H2,1H3,(H,23,24). The normalized spacial score (nSPS) is 21.1. The Labute approximate surface area is 147 Å². The molecule has 0 atom stereocenters. The van der Waals surface area contributed by atoms with Crippen LogP contribution in [0.25, 0.3) is 10.7 Å². The van der Waals surface area contributed by atoms with Crippen LogP contribution in [0.5, 0.6) is 0 Å². The number of nitrogens with zero attached hydrogens (tertiary/aromatic N) is 2. The summed E-state index contributed by atoms with van der Waals surface area (Å²) in [6.07, 6.45) is -1.65. The van der Waals surface area contributed by atoms with Crippen molar-refractivity contribution < 1.29 is 18.0 Å². The Morgan fingerprint density at radius 1 is 1.24 bits per heavy atom. The molecule has 1 saturated carbocycles. The number of alkyl halides is 3. The van der Waals surface area contributed by atoms with Crippen LogP contribution < -0.4 is 5.32 Å². The number of thiazole rings is 1. The van der Waals surface area contributed by atoms with E-state index in [0.717, 1.165) is 0 Å². The van der Waals surface area contributed by atoms with Crippen LogP contribution in [0.1, 0.15) is 41.0 Å². The predicted octanol–water partition coefficient (Wildman–Crippen LogP) is 4.36. The SMILES string of the molecule is Cc1nc(-c2ccccn2)sc1C(=O)NC1CCC(C(F)(F)F)CC1. The van der Waals surface area contributed by atoms with E-state index < -0.39 is 12.1 Å². The Balaban J connectivity index is 1.64. The molecule has 2 aromatic heterocycles. The van der Waals surface area contributed by atoms with Gasteiger partial charge in [-0.25, -0.2) is 4.98 Å². The van der Waals surface area contributed by atoms with E-state index in [9.17, 15) is 18.0 Å². The second kappa shape index (κ2) is 7.11. The summed E-state index contributed by atoms with van der Waals surface area (Å²) in [5, 5.41) is 3.51. The van der Waals surface area contributed by atoms with Crippen molar-refractivity contribution in [2.45, 2.75) is 44.8 Å². The molecule has 0 aliphatic heterocycles. The van der Waals surface area contributed by atoms with Gasteiger partial charge in [-0.1, -0.05) is 6.07 Å². The Morgan fingerprint density at radius 3 is 2.56 bits per heavy atom. The third-order valence-corrected chi connectivity index (χ3v) is 5.59. The van der Waals surface area contributed by atoms with Crippen molar-refractivity contribution in [3.05, 3.63) is 35.0 Å². The van der Waals surface area contributed by atoms with Crippen LogP contribution in [0, 0.1) is 12.8 Å². The lowest BCUT2D eigenvalue weighted by atomic mass is 9.85. The summed E-state index contributed by atoms with van der Waals surface area (Å²) in [5.41, 5.74) is 1.30. The van der Waals surface area contributed by atoms with Gasteiger partial charge in [-0.2, -0.15) is 13.2 Å².